The fourth-order valence-electron chi connectivity index (χ4n) is 4.90. The summed E-state index contributed by atoms with van der Waals surface area (Å²) in [7, 11) is 0. The Labute approximate surface area is 183 Å². The van der Waals surface area contributed by atoms with Gasteiger partial charge in [0.25, 0.3) is 5.91 Å². The molecule has 0 aromatic heterocycles. The number of halogens is 1. The van der Waals surface area contributed by atoms with Crippen molar-refractivity contribution in [2.75, 3.05) is 13.2 Å². The number of ether oxygens (including phenoxy) is 2. The van der Waals surface area contributed by atoms with Gasteiger partial charge < -0.3 is 14.4 Å². The standard InChI is InChI=1S/C24H30ClNO4/c1-14(2)29-12-4-11-26-21(16-6-8-17(25)9-7-16)20-22(27)18-13-15(3)5-10-19(18)30-23(20)24(26)28/h6-9,14-15,18-19,21H,4-5,10-13H2,1-3H3. The summed E-state index contributed by atoms with van der Waals surface area (Å²) in [6.45, 7) is 7.25. The second kappa shape index (κ2) is 8.72. The second-order valence-electron chi connectivity index (χ2n) is 9.01. The highest BCUT2D eigenvalue weighted by molar-refractivity contribution is 6.30. The number of nitrogens with zero attached hydrogens (tertiary/aromatic N) is 1. The van der Waals surface area contributed by atoms with Crippen molar-refractivity contribution in [2.45, 2.75) is 64.7 Å². The molecule has 4 atom stereocenters. The van der Waals surface area contributed by atoms with Crippen molar-refractivity contribution in [3.8, 4) is 0 Å². The van der Waals surface area contributed by atoms with Crippen LogP contribution in [-0.4, -0.2) is 41.9 Å². The fraction of sp³-hybridized carbons (Fsp3) is 0.583. The van der Waals surface area contributed by atoms with Gasteiger partial charge in [-0.1, -0.05) is 30.7 Å². The summed E-state index contributed by atoms with van der Waals surface area (Å²) in [6, 6.07) is 6.99. The minimum atomic E-state index is -0.422. The Morgan fingerprint density at radius 2 is 1.93 bits per heavy atom. The van der Waals surface area contributed by atoms with Gasteiger partial charge in [-0.05, 0) is 63.1 Å². The third-order valence-electron chi connectivity index (χ3n) is 6.39. The van der Waals surface area contributed by atoms with Crippen LogP contribution in [0, 0.1) is 11.8 Å². The average molecular weight is 432 g/mol. The minimum absolute atomic E-state index is 0.0852. The molecule has 2 aliphatic heterocycles. The van der Waals surface area contributed by atoms with Crippen molar-refractivity contribution in [1.29, 1.82) is 0 Å². The van der Waals surface area contributed by atoms with Crippen molar-refractivity contribution in [1.82, 2.24) is 4.90 Å². The van der Waals surface area contributed by atoms with Crippen LogP contribution in [0.3, 0.4) is 0 Å². The van der Waals surface area contributed by atoms with Crippen molar-refractivity contribution < 1.29 is 19.1 Å². The van der Waals surface area contributed by atoms with Crippen LogP contribution < -0.4 is 0 Å². The molecule has 0 spiro atoms. The molecule has 3 aliphatic rings. The highest BCUT2D eigenvalue weighted by Gasteiger charge is 2.52. The molecule has 30 heavy (non-hydrogen) atoms. The van der Waals surface area contributed by atoms with Gasteiger partial charge in [0.15, 0.2) is 11.5 Å². The van der Waals surface area contributed by atoms with Gasteiger partial charge in [-0.2, -0.15) is 0 Å². The first kappa shape index (κ1) is 21.4. The van der Waals surface area contributed by atoms with Crippen LogP contribution in [0.2, 0.25) is 5.02 Å². The van der Waals surface area contributed by atoms with Crippen LogP contribution in [-0.2, 0) is 19.1 Å². The maximum atomic E-state index is 13.6. The quantitative estimate of drug-likeness (QED) is 0.613. The molecule has 0 bridgehead atoms. The van der Waals surface area contributed by atoms with E-state index in [9.17, 15) is 9.59 Å². The number of fused-ring (bicyclic) bond motifs is 1. The maximum Gasteiger partial charge on any atom is 0.290 e. The lowest BCUT2D eigenvalue weighted by molar-refractivity contribution is -0.136. The molecule has 1 aromatic carbocycles. The molecule has 4 unspecified atom stereocenters. The first-order valence-corrected chi connectivity index (χ1v) is 11.4. The topological polar surface area (TPSA) is 55.8 Å². The Balaban J connectivity index is 1.65. The van der Waals surface area contributed by atoms with Gasteiger partial charge in [-0.3, -0.25) is 9.59 Å². The van der Waals surface area contributed by atoms with Gasteiger partial charge >= 0.3 is 0 Å². The van der Waals surface area contributed by atoms with E-state index < -0.39 is 6.04 Å². The number of benzene rings is 1. The van der Waals surface area contributed by atoms with Crippen LogP contribution in [0.5, 0.6) is 0 Å². The van der Waals surface area contributed by atoms with E-state index in [2.05, 4.69) is 6.92 Å². The highest BCUT2D eigenvalue weighted by Crippen LogP contribution is 2.47. The van der Waals surface area contributed by atoms with E-state index in [0.717, 1.165) is 24.8 Å². The number of amides is 1. The van der Waals surface area contributed by atoms with Gasteiger partial charge in [-0.15, -0.1) is 0 Å². The zero-order chi connectivity index (χ0) is 21.4. The first-order valence-electron chi connectivity index (χ1n) is 11.0. The Hall–Kier alpha value is -1.85. The lowest BCUT2D eigenvalue weighted by Gasteiger charge is -2.37. The third kappa shape index (κ3) is 4.02. The highest BCUT2D eigenvalue weighted by atomic mass is 35.5. The molecule has 6 heteroatoms. The van der Waals surface area contributed by atoms with E-state index >= 15 is 0 Å². The van der Waals surface area contributed by atoms with Gasteiger partial charge in [-0.25, -0.2) is 0 Å². The lowest BCUT2D eigenvalue weighted by atomic mass is 9.74. The number of hydrogen-bond donors (Lipinski definition) is 0. The maximum absolute atomic E-state index is 13.6. The number of hydrogen-bond acceptors (Lipinski definition) is 4. The van der Waals surface area contributed by atoms with Gasteiger partial charge in [0.2, 0.25) is 0 Å². The normalized spacial score (nSPS) is 28.6. The van der Waals surface area contributed by atoms with Crippen molar-refractivity contribution in [3.05, 3.63) is 46.2 Å². The molecule has 1 aliphatic carbocycles. The first-order chi connectivity index (χ1) is 14.4. The molecule has 1 fully saturated rings. The Morgan fingerprint density at radius 3 is 2.63 bits per heavy atom. The summed E-state index contributed by atoms with van der Waals surface area (Å²) in [6.07, 6.45) is 3.35. The van der Waals surface area contributed by atoms with Crippen LogP contribution in [0.1, 0.15) is 58.1 Å². The van der Waals surface area contributed by atoms with Crippen LogP contribution >= 0.6 is 11.6 Å². The Bertz CT molecular complexity index is 847. The average Bonchev–Trinajstić information content (AvgIpc) is 2.99. The monoisotopic (exact) mass is 431 g/mol. The Kier molecular flexibility index (Phi) is 6.21. The smallest absolute Gasteiger partial charge is 0.290 e. The second-order valence-corrected chi connectivity index (χ2v) is 9.45. The number of carbonyl (C=O) groups excluding carboxylic acids is 2. The summed E-state index contributed by atoms with van der Waals surface area (Å²) in [5.41, 5.74) is 1.42. The van der Waals surface area contributed by atoms with E-state index in [1.54, 1.807) is 17.0 Å². The number of rotatable bonds is 6. The van der Waals surface area contributed by atoms with Crippen LogP contribution in [0.4, 0.5) is 0 Å². The number of carbonyl (C=O) groups is 2. The van der Waals surface area contributed by atoms with E-state index in [0.29, 0.717) is 36.1 Å². The fourth-order valence-corrected chi connectivity index (χ4v) is 5.03. The molecular weight excluding hydrogens is 402 g/mol. The van der Waals surface area contributed by atoms with E-state index in [1.165, 1.54) is 0 Å². The zero-order valence-corrected chi connectivity index (χ0v) is 18.7. The largest absolute Gasteiger partial charge is 0.483 e. The molecule has 0 saturated heterocycles. The molecule has 5 nitrogen and oxygen atoms in total. The predicted octanol–water partition coefficient (Wildman–Crippen LogP) is 4.70. The number of ketones is 1. The van der Waals surface area contributed by atoms with Gasteiger partial charge in [0, 0.05) is 18.2 Å². The molecule has 1 amide bonds. The Morgan fingerprint density at radius 1 is 1.20 bits per heavy atom. The van der Waals surface area contributed by atoms with Crippen LogP contribution in [0.25, 0.3) is 0 Å². The molecule has 0 radical (unpaired) electrons. The molecule has 2 heterocycles. The lowest BCUT2D eigenvalue weighted by Crippen LogP contribution is -2.41. The van der Waals surface area contributed by atoms with Crippen LogP contribution in [0.15, 0.2) is 35.6 Å². The molecule has 1 aromatic rings. The van der Waals surface area contributed by atoms with E-state index in [4.69, 9.17) is 21.1 Å². The van der Waals surface area contributed by atoms with Crippen molar-refractivity contribution in [3.63, 3.8) is 0 Å². The summed E-state index contributed by atoms with van der Waals surface area (Å²) >= 11 is 6.09. The number of Topliss-reactive ketones (excluding diaryl/α,β-unsaturated/α-hetero) is 1. The van der Waals surface area contributed by atoms with Crippen molar-refractivity contribution in [2.24, 2.45) is 11.8 Å². The van der Waals surface area contributed by atoms with Gasteiger partial charge in [0.05, 0.1) is 23.6 Å². The minimum Gasteiger partial charge on any atom is -0.483 e. The molecule has 4 rings (SSSR count). The third-order valence-corrected chi connectivity index (χ3v) is 6.64. The van der Waals surface area contributed by atoms with E-state index in [-0.39, 0.29) is 35.6 Å². The summed E-state index contributed by atoms with van der Waals surface area (Å²) in [4.78, 5) is 28.7. The SMILES string of the molecule is CC1CCC2OC3=C(C(=O)C2C1)C(c1ccc(Cl)cc1)N(CCCOC(C)C)C3=O. The summed E-state index contributed by atoms with van der Waals surface area (Å²) in [5.74, 6) is 0.512. The molecular formula is C24H30ClNO4. The zero-order valence-electron chi connectivity index (χ0n) is 17.9. The molecule has 0 N–H and O–H groups in total. The molecule has 1 saturated carbocycles. The summed E-state index contributed by atoms with van der Waals surface area (Å²) in [5, 5.41) is 0.626. The summed E-state index contributed by atoms with van der Waals surface area (Å²) < 4.78 is 11.9. The molecule has 162 valence electrons. The predicted molar refractivity (Wildman–Crippen MR) is 115 cm³/mol. The van der Waals surface area contributed by atoms with Crippen molar-refractivity contribution >= 4 is 23.3 Å². The van der Waals surface area contributed by atoms with Gasteiger partial charge in [0.1, 0.15) is 6.10 Å². The van der Waals surface area contributed by atoms with E-state index in [1.807, 2.05) is 26.0 Å².